The second kappa shape index (κ2) is 5.20. The number of carbonyl (C=O) groups excluding carboxylic acids is 1. The number of nitrogens with zero attached hydrogens (tertiary/aromatic N) is 3. The third-order valence-electron chi connectivity index (χ3n) is 3.10. The van der Waals surface area contributed by atoms with Crippen molar-refractivity contribution in [1.29, 1.82) is 0 Å². The Morgan fingerprint density at radius 2 is 2.35 bits per heavy atom. The number of nitrogens with one attached hydrogen (secondary N) is 1. The van der Waals surface area contributed by atoms with E-state index in [1.807, 2.05) is 24.3 Å². The van der Waals surface area contributed by atoms with E-state index in [0.29, 0.717) is 6.54 Å². The van der Waals surface area contributed by atoms with Crippen LogP contribution in [0.4, 0.5) is 5.95 Å². The van der Waals surface area contributed by atoms with Gasteiger partial charge >= 0.3 is 0 Å². The van der Waals surface area contributed by atoms with Crippen LogP contribution in [-0.4, -0.2) is 33.3 Å². The smallest absolute Gasteiger partial charge is 0.241 e. The van der Waals surface area contributed by atoms with E-state index >= 15 is 0 Å². The maximum Gasteiger partial charge on any atom is 0.241 e. The molecule has 1 aliphatic rings. The van der Waals surface area contributed by atoms with Gasteiger partial charge in [-0.1, -0.05) is 18.2 Å². The predicted molar refractivity (Wildman–Crippen MR) is 72.0 cm³/mol. The van der Waals surface area contributed by atoms with Gasteiger partial charge in [0.2, 0.25) is 11.9 Å². The van der Waals surface area contributed by atoms with Gasteiger partial charge in [-0.3, -0.25) is 4.79 Å². The molecule has 7 nitrogen and oxygen atoms in total. The molecule has 1 aromatic heterocycles. The summed E-state index contributed by atoms with van der Waals surface area (Å²) in [6.45, 7) is 0.571. The molecule has 20 heavy (non-hydrogen) atoms. The van der Waals surface area contributed by atoms with Crippen molar-refractivity contribution in [2.24, 2.45) is 0 Å². The molecule has 0 fully saturated rings. The second-order valence-corrected chi connectivity index (χ2v) is 4.66. The minimum atomic E-state index is -0.144. The van der Waals surface area contributed by atoms with Gasteiger partial charge in [0.05, 0.1) is 6.54 Å². The summed E-state index contributed by atoms with van der Waals surface area (Å²) in [6.07, 6.45) is 2.22. The second-order valence-electron chi connectivity index (χ2n) is 4.66. The largest absolute Gasteiger partial charge is 0.488 e. The molecule has 0 saturated carbocycles. The van der Waals surface area contributed by atoms with Crippen molar-refractivity contribution in [2.45, 2.75) is 19.1 Å². The number of anilines is 1. The van der Waals surface area contributed by atoms with Crippen LogP contribution in [0, 0.1) is 0 Å². The highest BCUT2D eigenvalue weighted by molar-refractivity contribution is 5.75. The van der Waals surface area contributed by atoms with E-state index in [0.717, 1.165) is 12.2 Å². The van der Waals surface area contributed by atoms with Crippen molar-refractivity contribution in [3.63, 3.8) is 0 Å². The van der Waals surface area contributed by atoms with E-state index in [4.69, 9.17) is 10.5 Å². The average molecular weight is 273 g/mol. The van der Waals surface area contributed by atoms with E-state index in [1.165, 1.54) is 16.6 Å². The zero-order chi connectivity index (χ0) is 13.9. The SMILES string of the molecule is Nc1ncn(CC(=O)NCC2Cc3ccccc3O2)n1. The number of hydrogen-bond donors (Lipinski definition) is 2. The van der Waals surface area contributed by atoms with Crippen molar-refractivity contribution >= 4 is 11.9 Å². The molecule has 3 rings (SSSR count). The Labute approximate surface area is 115 Å². The number of para-hydroxylation sites is 1. The number of amides is 1. The molecule has 0 aliphatic carbocycles. The topological polar surface area (TPSA) is 95.1 Å². The number of fused-ring (bicyclic) bond motifs is 1. The molecule has 1 aromatic carbocycles. The fourth-order valence-electron chi connectivity index (χ4n) is 2.18. The quantitative estimate of drug-likeness (QED) is 0.816. The first kappa shape index (κ1) is 12.5. The van der Waals surface area contributed by atoms with E-state index < -0.39 is 0 Å². The lowest BCUT2D eigenvalue weighted by molar-refractivity contribution is -0.122. The van der Waals surface area contributed by atoms with Gasteiger partial charge in [0.25, 0.3) is 0 Å². The highest BCUT2D eigenvalue weighted by atomic mass is 16.5. The number of rotatable bonds is 4. The Bertz CT molecular complexity index is 600. The predicted octanol–water partition coefficient (Wildman–Crippen LogP) is -0.0198. The highest BCUT2D eigenvalue weighted by Crippen LogP contribution is 2.27. The van der Waals surface area contributed by atoms with E-state index in [2.05, 4.69) is 15.4 Å². The monoisotopic (exact) mass is 273 g/mol. The minimum absolute atomic E-state index is 0.0165. The molecule has 3 N–H and O–H groups in total. The lowest BCUT2D eigenvalue weighted by Gasteiger charge is -2.11. The summed E-state index contributed by atoms with van der Waals surface area (Å²) in [5.74, 6) is 0.914. The van der Waals surface area contributed by atoms with E-state index in [-0.39, 0.29) is 24.5 Å². The highest BCUT2D eigenvalue weighted by Gasteiger charge is 2.22. The van der Waals surface area contributed by atoms with Crippen molar-refractivity contribution in [3.8, 4) is 5.75 Å². The molecule has 0 saturated heterocycles. The number of hydrogen-bond acceptors (Lipinski definition) is 5. The van der Waals surface area contributed by atoms with Gasteiger partial charge in [-0.2, -0.15) is 0 Å². The molecule has 1 atom stereocenters. The fourth-order valence-corrected chi connectivity index (χ4v) is 2.18. The molecule has 1 unspecified atom stereocenters. The number of ether oxygens (including phenoxy) is 1. The summed E-state index contributed by atoms with van der Waals surface area (Å²) in [6, 6.07) is 7.90. The molecule has 1 aliphatic heterocycles. The Kier molecular flexibility index (Phi) is 3.24. The average Bonchev–Trinajstić information content (AvgIpc) is 3.02. The molecular formula is C13H15N5O2. The van der Waals surface area contributed by atoms with Gasteiger partial charge in [-0.15, -0.1) is 5.10 Å². The molecule has 104 valence electrons. The number of aromatic nitrogens is 3. The van der Waals surface area contributed by atoms with Crippen molar-refractivity contribution < 1.29 is 9.53 Å². The third-order valence-corrected chi connectivity index (χ3v) is 3.10. The lowest BCUT2D eigenvalue weighted by Crippen LogP contribution is -2.36. The Hall–Kier alpha value is -2.57. The third kappa shape index (κ3) is 2.71. The maximum absolute atomic E-state index is 11.8. The van der Waals surface area contributed by atoms with Crippen LogP contribution < -0.4 is 15.8 Å². The van der Waals surface area contributed by atoms with Crippen LogP contribution in [0.5, 0.6) is 5.75 Å². The molecule has 0 spiro atoms. The van der Waals surface area contributed by atoms with Crippen LogP contribution in [0.3, 0.4) is 0 Å². The number of nitrogens with two attached hydrogens (primary N) is 1. The van der Waals surface area contributed by atoms with Crippen molar-refractivity contribution in [1.82, 2.24) is 20.1 Å². The number of nitrogen functional groups attached to an aromatic ring is 1. The summed E-state index contributed by atoms with van der Waals surface area (Å²) in [5.41, 5.74) is 6.56. The van der Waals surface area contributed by atoms with Gasteiger partial charge < -0.3 is 15.8 Å². The minimum Gasteiger partial charge on any atom is -0.488 e. The van der Waals surface area contributed by atoms with Crippen LogP contribution >= 0.6 is 0 Å². The molecular weight excluding hydrogens is 258 g/mol. The Morgan fingerprint density at radius 3 is 3.10 bits per heavy atom. The van der Waals surface area contributed by atoms with Crippen LogP contribution in [0.1, 0.15) is 5.56 Å². The van der Waals surface area contributed by atoms with Gasteiger partial charge in [0, 0.05) is 6.42 Å². The maximum atomic E-state index is 11.8. The van der Waals surface area contributed by atoms with E-state index in [9.17, 15) is 4.79 Å². The fraction of sp³-hybridized carbons (Fsp3) is 0.308. The van der Waals surface area contributed by atoms with Gasteiger partial charge in [-0.25, -0.2) is 9.67 Å². The summed E-state index contributed by atoms with van der Waals surface area (Å²) >= 11 is 0. The Morgan fingerprint density at radius 1 is 1.50 bits per heavy atom. The van der Waals surface area contributed by atoms with Crippen LogP contribution in [0.15, 0.2) is 30.6 Å². The van der Waals surface area contributed by atoms with E-state index in [1.54, 1.807) is 0 Å². The normalized spacial score (nSPS) is 16.5. The number of benzene rings is 1. The zero-order valence-electron chi connectivity index (χ0n) is 10.8. The van der Waals surface area contributed by atoms with Gasteiger partial charge in [0.1, 0.15) is 24.7 Å². The first-order valence-corrected chi connectivity index (χ1v) is 6.37. The molecule has 2 heterocycles. The first-order valence-electron chi connectivity index (χ1n) is 6.37. The molecule has 0 radical (unpaired) electrons. The van der Waals surface area contributed by atoms with Crippen molar-refractivity contribution in [3.05, 3.63) is 36.2 Å². The molecule has 7 heteroatoms. The lowest BCUT2D eigenvalue weighted by atomic mass is 10.1. The van der Waals surface area contributed by atoms with Gasteiger partial charge in [0.15, 0.2) is 0 Å². The Balaban J connectivity index is 1.48. The summed E-state index contributed by atoms with van der Waals surface area (Å²) in [7, 11) is 0. The first-order chi connectivity index (χ1) is 9.70. The molecule has 1 amide bonds. The summed E-state index contributed by atoms with van der Waals surface area (Å²) in [5, 5.41) is 6.68. The van der Waals surface area contributed by atoms with Crippen molar-refractivity contribution in [2.75, 3.05) is 12.3 Å². The van der Waals surface area contributed by atoms with Crippen LogP contribution in [0.25, 0.3) is 0 Å². The zero-order valence-corrected chi connectivity index (χ0v) is 10.8. The molecule has 2 aromatic rings. The van der Waals surface area contributed by atoms with Gasteiger partial charge in [-0.05, 0) is 11.6 Å². The van der Waals surface area contributed by atoms with Crippen LogP contribution in [0.2, 0.25) is 0 Å². The summed E-state index contributed by atoms with van der Waals surface area (Å²) in [4.78, 5) is 15.5. The summed E-state index contributed by atoms with van der Waals surface area (Å²) < 4.78 is 7.14. The van der Waals surface area contributed by atoms with Crippen LogP contribution in [-0.2, 0) is 17.8 Å². The molecule has 0 bridgehead atoms. The standard InChI is InChI=1S/C13H15N5O2/c14-13-16-8-18(17-13)7-12(19)15-6-10-5-9-3-1-2-4-11(9)20-10/h1-4,8,10H,5-7H2,(H2,14,17)(H,15,19). The number of carbonyl (C=O) groups is 1.